The summed E-state index contributed by atoms with van der Waals surface area (Å²) in [5, 5.41) is 6.48. The Morgan fingerprint density at radius 3 is 2.69 bits per heavy atom. The summed E-state index contributed by atoms with van der Waals surface area (Å²) in [6, 6.07) is 12.0. The summed E-state index contributed by atoms with van der Waals surface area (Å²) in [5.74, 6) is -0.178. The number of likely N-dealkylation sites (N-methyl/N-ethyl adjacent to an activating group) is 1. The van der Waals surface area contributed by atoms with Crippen LogP contribution < -0.4 is 15.5 Å². The van der Waals surface area contributed by atoms with Crippen molar-refractivity contribution in [2.45, 2.75) is 43.7 Å². The fraction of sp³-hybridized carbons (Fsp3) is 0.333. The van der Waals surface area contributed by atoms with Gasteiger partial charge in [-0.2, -0.15) is 0 Å². The molecular weight excluding hydrogens is 522 g/mol. The highest BCUT2D eigenvalue weighted by atomic mass is 79.9. The van der Waals surface area contributed by atoms with E-state index < -0.39 is 5.54 Å². The molecule has 1 spiro atoms. The number of urea groups is 1. The van der Waals surface area contributed by atoms with Gasteiger partial charge in [0.15, 0.2) is 0 Å². The number of nitrogens with zero attached hydrogens (tertiary/aromatic N) is 3. The molecule has 3 aliphatic heterocycles. The van der Waals surface area contributed by atoms with Crippen LogP contribution in [0.5, 0.6) is 0 Å². The molecule has 1 saturated heterocycles. The van der Waals surface area contributed by atoms with Gasteiger partial charge in [-0.3, -0.25) is 14.9 Å². The van der Waals surface area contributed by atoms with Gasteiger partial charge in [0.05, 0.1) is 17.8 Å². The van der Waals surface area contributed by atoms with Gasteiger partial charge < -0.3 is 15.1 Å². The number of imide groups is 1. The summed E-state index contributed by atoms with van der Waals surface area (Å²) < 4.78 is 0.885. The summed E-state index contributed by atoms with van der Waals surface area (Å²) in [4.78, 5) is 46.1. The number of aromatic nitrogens is 1. The number of halogens is 1. The highest BCUT2D eigenvalue weighted by Crippen LogP contribution is 2.49. The maximum absolute atomic E-state index is 12.7. The first-order valence-corrected chi connectivity index (χ1v) is 12.9. The molecule has 1 aromatic heterocycles. The van der Waals surface area contributed by atoms with Gasteiger partial charge in [-0.1, -0.05) is 19.1 Å². The molecule has 0 saturated carbocycles. The molecule has 1 unspecified atom stereocenters. The highest BCUT2D eigenvalue weighted by Gasteiger charge is 2.54. The summed E-state index contributed by atoms with van der Waals surface area (Å²) in [6.07, 6.45) is 1.42. The predicted octanol–water partition coefficient (Wildman–Crippen LogP) is 3.64. The molecule has 9 heteroatoms. The Morgan fingerprint density at radius 1 is 1.08 bits per heavy atom. The highest BCUT2D eigenvalue weighted by molar-refractivity contribution is 9.10. The molecule has 0 bridgehead atoms. The summed E-state index contributed by atoms with van der Waals surface area (Å²) in [6.45, 7) is 3.55. The van der Waals surface area contributed by atoms with Crippen LogP contribution in [0.4, 0.5) is 16.2 Å². The zero-order valence-electron chi connectivity index (χ0n) is 19.9. The van der Waals surface area contributed by atoms with Gasteiger partial charge in [0.1, 0.15) is 5.54 Å². The average molecular weight is 546 g/mol. The van der Waals surface area contributed by atoms with Crippen molar-refractivity contribution in [3.05, 3.63) is 63.3 Å². The molecule has 0 radical (unpaired) electrons. The van der Waals surface area contributed by atoms with E-state index in [1.807, 2.05) is 18.2 Å². The Hall–Kier alpha value is -3.46. The van der Waals surface area contributed by atoms with E-state index in [1.54, 1.807) is 7.05 Å². The van der Waals surface area contributed by atoms with Crippen molar-refractivity contribution in [3.63, 3.8) is 0 Å². The lowest BCUT2D eigenvalue weighted by atomic mass is 9.78. The number of hydrogen-bond donors (Lipinski definition) is 2. The molecular formula is C27H24BrN5O3. The summed E-state index contributed by atoms with van der Waals surface area (Å²) >= 11 is 3.79. The Balaban J connectivity index is 1.24. The van der Waals surface area contributed by atoms with Gasteiger partial charge in [0, 0.05) is 65.1 Å². The van der Waals surface area contributed by atoms with Crippen LogP contribution in [0.1, 0.15) is 35.7 Å². The Labute approximate surface area is 216 Å². The molecule has 4 heterocycles. The number of pyridine rings is 1. The third kappa shape index (κ3) is 2.80. The van der Waals surface area contributed by atoms with E-state index in [-0.39, 0.29) is 23.3 Å². The molecule has 36 heavy (non-hydrogen) atoms. The van der Waals surface area contributed by atoms with Crippen molar-refractivity contribution < 1.29 is 14.4 Å². The van der Waals surface area contributed by atoms with E-state index >= 15 is 0 Å². The summed E-state index contributed by atoms with van der Waals surface area (Å²) in [5.41, 5.74) is 6.06. The number of fused-ring (bicyclic) bond motifs is 2. The zero-order valence-corrected chi connectivity index (χ0v) is 21.5. The number of carbonyl (C=O) groups excluding carboxylic acids is 3. The van der Waals surface area contributed by atoms with Gasteiger partial charge in [-0.25, -0.2) is 9.78 Å². The smallest absolute Gasteiger partial charge is 0.324 e. The normalized spacial score (nSPS) is 26.0. The van der Waals surface area contributed by atoms with Gasteiger partial charge in [-0.15, -0.1) is 0 Å². The number of amides is 4. The fourth-order valence-corrected chi connectivity index (χ4v) is 7.38. The van der Waals surface area contributed by atoms with Crippen molar-refractivity contribution in [3.8, 4) is 0 Å². The first kappa shape index (κ1) is 21.8. The van der Waals surface area contributed by atoms with Crippen molar-refractivity contribution in [1.82, 2.24) is 15.2 Å². The first-order valence-electron chi connectivity index (χ1n) is 12.1. The van der Waals surface area contributed by atoms with Gasteiger partial charge in [0.25, 0.3) is 5.91 Å². The number of hydrogen-bond acceptors (Lipinski definition) is 5. The molecule has 2 atom stereocenters. The number of nitrogens with one attached hydrogen (secondary N) is 2. The SMILES string of the molecule is CN1C(=O)NC(=O)[C@]12Cc1cc3ccc(CN4CC5(C)CC(=O)Nc6cccc4c65)nc3c(Br)c1C2. The third-order valence-corrected chi connectivity index (χ3v) is 9.27. The van der Waals surface area contributed by atoms with E-state index in [9.17, 15) is 14.4 Å². The Morgan fingerprint density at radius 2 is 1.92 bits per heavy atom. The topological polar surface area (TPSA) is 94.6 Å². The number of benzene rings is 2. The second-order valence-electron chi connectivity index (χ2n) is 10.7. The predicted molar refractivity (Wildman–Crippen MR) is 139 cm³/mol. The van der Waals surface area contributed by atoms with Crippen LogP contribution in [-0.2, 0) is 34.4 Å². The van der Waals surface area contributed by atoms with Crippen LogP contribution in [0.15, 0.2) is 40.9 Å². The molecule has 3 aromatic rings. The molecule has 4 amide bonds. The zero-order chi connectivity index (χ0) is 25.0. The second-order valence-corrected chi connectivity index (χ2v) is 11.5. The number of carbonyl (C=O) groups is 3. The lowest BCUT2D eigenvalue weighted by Gasteiger charge is -2.30. The first-order chi connectivity index (χ1) is 17.2. The van der Waals surface area contributed by atoms with E-state index in [1.165, 1.54) is 10.5 Å². The van der Waals surface area contributed by atoms with Crippen LogP contribution in [0, 0.1) is 0 Å². The Bertz CT molecular complexity index is 1550. The van der Waals surface area contributed by atoms with Crippen molar-refractivity contribution in [2.24, 2.45) is 0 Å². The van der Waals surface area contributed by atoms with Crippen molar-refractivity contribution in [1.29, 1.82) is 0 Å². The molecule has 182 valence electrons. The third-order valence-electron chi connectivity index (χ3n) is 8.42. The van der Waals surface area contributed by atoms with Crippen LogP contribution >= 0.6 is 15.9 Å². The quantitative estimate of drug-likeness (QED) is 0.479. The fourth-order valence-electron chi connectivity index (χ4n) is 6.67. The van der Waals surface area contributed by atoms with Crippen molar-refractivity contribution >= 4 is 56.1 Å². The van der Waals surface area contributed by atoms with Gasteiger partial charge in [0.2, 0.25) is 5.91 Å². The van der Waals surface area contributed by atoms with Crippen LogP contribution in [0.2, 0.25) is 0 Å². The molecule has 1 aliphatic carbocycles. The molecule has 8 nitrogen and oxygen atoms in total. The standard InChI is InChI=1S/C27H24BrN5O3/c1-26-11-20(34)30-18-4-3-5-19(21(18)26)33(13-26)12-16-7-6-14-8-15-9-27(24(35)31-25(36)32(27)2)10-17(15)22(28)23(14)29-16/h3-8H,9-13H2,1-2H3,(H,30,34)(H,31,35,36)/t26?,27-/m1/s1. The lowest BCUT2D eigenvalue weighted by Crippen LogP contribution is -2.48. The molecule has 2 N–H and O–H groups in total. The lowest BCUT2D eigenvalue weighted by molar-refractivity contribution is -0.125. The van der Waals surface area contributed by atoms with E-state index in [0.29, 0.717) is 25.8 Å². The maximum Gasteiger partial charge on any atom is 0.324 e. The van der Waals surface area contributed by atoms with Gasteiger partial charge >= 0.3 is 6.03 Å². The summed E-state index contributed by atoms with van der Waals surface area (Å²) in [7, 11) is 1.68. The van der Waals surface area contributed by atoms with E-state index in [4.69, 9.17) is 4.98 Å². The number of anilines is 2. The maximum atomic E-state index is 12.7. The molecule has 7 rings (SSSR count). The average Bonchev–Trinajstić information content (AvgIpc) is 3.42. The molecule has 1 fully saturated rings. The molecule has 2 aromatic carbocycles. The number of rotatable bonds is 2. The van der Waals surface area contributed by atoms with Crippen LogP contribution in [-0.4, -0.2) is 46.9 Å². The second kappa shape index (κ2) is 7.06. The minimum absolute atomic E-state index is 0.0617. The molecule has 4 aliphatic rings. The van der Waals surface area contributed by atoms with Crippen LogP contribution in [0.3, 0.4) is 0 Å². The van der Waals surface area contributed by atoms with E-state index in [2.05, 4.69) is 56.6 Å². The van der Waals surface area contributed by atoms with Gasteiger partial charge in [-0.05, 0) is 51.3 Å². The van der Waals surface area contributed by atoms with Crippen LogP contribution in [0.25, 0.3) is 10.9 Å². The largest absolute Gasteiger partial charge is 0.364 e. The minimum atomic E-state index is -0.874. The van der Waals surface area contributed by atoms with E-state index in [0.717, 1.165) is 50.1 Å². The minimum Gasteiger partial charge on any atom is -0.364 e. The Kier molecular flexibility index (Phi) is 4.28. The van der Waals surface area contributed by atoms with Crippen molar-refractivity contribution in [2.75, 3.05) is 23.8 Å². The monoisotopic (exact) mass is 545 g/mol.